The van der Waals surface area contributed by atoms with Crippen LogP contribution in [0, 0.1) is 25.7 Å². The van der Waals surface area contributed by atoms with E-state index in [-0.39, 0.29) is 20.4 Å². The molecule has 2 atom stereocenters. The largest absolute Gasteiger partial charge is 2.00 e. The van der Waals surface area contributed by atoms with Gasteiger partial charge in [-0.05, 0) is 125 Å². The van der Waals surface area contributed by atoms with E-state index >= 15 is 0 Å². The molecule has 2 aromatic rings. The van der Waals surface area contributed by atoms with Gasteiger partial charge in [-0.1, -0.05) is 681 Å². The van der Waals surface area contributed by atoms with Crippen molar-refractivity contribution in [2.75, 3.05) is 0 Å². The van der Waals surface area contributed by atoms with E-state index in [0.29, 0.717) is 11.8 Å². The maximum Gasteiger partial charge on any atom is 2.00 e. The zero-order valence-corrected chi connectivity index (χ0v) is 97.8. The Kier molecular flexibility index (Phi) is 112. The van der Waals surface area contributed by atoms with Crippen molar-refractivity contribution < 1.29 is 25.1 Å². The van der Waals surface area contributed by atoms with Crippen LogP contribution in [0.15, 0.2) is 84.0 Å². The van der Waals surface area contributed by atoms with E-state index in [9.17, 15) is 5.53 Å². The summed E-state index contributed by atoms with van der Waals surface area (Å²) in [5.41, 5.74) is 23.5. The van der Waals surface area contributed by atoms with Gasteiger partial charge in [-0.2, -0.15) is 12.8 Å². The van der Waals surface area contributed by atoms with Crippen LogP contribution in [0.1, 0.15) is 733 Å². The number of rotatable bonds is 108. The molecule has 1 aliphatic rings. The van der Waals surface area contributed by atoms with Crippen LogP contribution in [0.25, 0.3) is 16.9 Å². The molecule has 0 radical (unpaired) electrons. The van der Waals surface area contributed by atoms with Gasteiger partial charge in [0.15, 0.2) is 0 Å². The van der Waals surface area contributed by atoms with E-state index in [2.05, 4.69) is 142 Å². The van der Waals surface area contributed by atoms with Crippen molar-refractivity contribution in [3.8, 4) is 0 Å². The fraction of sp³-hybridized carbons (Fsp3) is 0.838. The van der Waals surface area contributed by atoms with E-state index in [1.165, 1.54) is 663 Å². The zero-order chi connectivity index (χ0) is 99.4. The molecular formula is C136H250N2Pd. The van der Waals surface area contributed by atoms with Gasteiger partial charge in [0.25, 0.3) is 0 Å². The van der Waals surface area contributed by atoms with Crippen molar-refractivity contribution in [1.82, 2.24) is 0 Å². The van der Waals surface area contributed by atoms with Gasteiger partial charge in [0.2, 0.25) is 11.4 Å². The Bertz CT molecular complexity index is 2760. The smallest absolute Gasteiger partial charge is 0.493 e. The predicted molar refractivity (Wildman–Crippen MR) is 630 cm³/mol. The number of nitrogens with zero attached hydrogens (tertiary/aromatic N) is 2. The van der Waals surface area contributed by atoms with Crippen LogP contribution >= 0.6 is 0 Å². The molecule has 0 spiro atoms. The molecule has 814 valence electrons. The third-order valence-electron chi connectivity index (χ3n) is 31.5. The van der Waals surface area contributed by atoms with Gasteiger partial charge in [-0.3, -0.25) is 0 Å². The summed E-state index contributed by atoms with van der Waals surface area (Å²) in [5.74, 6) is 1.38. The summed E-state index contributed by atoms with van der Waals surface area (Å²) in [5, 5.41) is 0. The number of benzene rings is 2. The van der Waals surface area contributed by atoms with Gasteiger partial charge in [0.1, 0.15) is 0 Å². The Labute approximate surface area is 890 Å². The van der Waals surface area contributed by atoms with Crippen molar-refractivity contribution in [3.05, 3.63) is 126 Å². The van der Waals surface area contributed by atoms with E-state index < -0.39 is 0 Å². The predicted octanol–water partition coefficient (Wildman–Crippen LogP) is 49.9. The standard InChI is InChI=1S/C78H132N2.2C29H59.Pd/c1-7-13-19-23-26-28-30-32-34-36-38-40-42-44-47-57-69(55-17-11-5)65-67-71-59-51-53-61-73(71)77-75(63-49-22-16-10-4)76(64-50-46-25-21-15-9-3)78(80(77)79)74-62-54-52-60-72(74)68-66-70(56-18-12-6)58-48-45-43-41-39-37-35-33-31-29-27-24-20-14-8-2;2*1-3-5-7-9-11-13-15-17-19-21-23-25-27-29-28-26-24-22-20-18-16-14-12-10-8-6-4-2;/h44-45,47-48,51-54,59-62,69-70H,7-43,46,49-50,55-58,63-68H2,1-6H3;2*1,3-29H2,2H3;/q;2*-1;+2. The van der Waals surface area contributed by atoms with Crippen LogP contribution in [-0.4, -0.2) is 4.70 Å². The molecule has 0 aromatic heterocycles. The first-order valence-electron chi connectivity index (χ1n) is 64.4. The average Bonchev–Trinajstić information content (AvgIpc) is 1.60. The van der Waals surface area contributed by atoms with Crippen LogP contribution in [0.5, 0.6) is 0 Å². The van der Waals surface area contributed by atoms with Crippen molar-refractivity contribution in [1.29, 1.82) is 0 Å². The minimum atomic E-state index is 0. The van der Waals surface area contributed by atoms with Crippen molar-refractivity contribution in [2.24, 2.45) is 11.8 Å². The molecule has 139 heavy (non-hydrogen) atoms. The number of allylic oxidation sites excluding steroid dienone is 6. The molecule has 0 bridgehead atoms. The van der Waals surface area contributed by atoms with Crippen molar-refractivity contribution in [2.45, 2.75) is 723 Å². The second-order valence-electron chi connectivity index (χ2n) is 44.9. The molecule has 1 heterocycles. The summed E-state index contributed by atoms with van der Waals surface area (Å²) in [6.45, 7) is 26.4. The normalized spacial score (nSPS) is 12.7. The summed E-state index contributed by atoms with van der Waals surface area (Å²) in [7, 11) is 0. The van der Waals surface area contributed by atoms with Crippen molar-refractivity contribution in [3.63, 3.8) is 0 Å². The number of hydrogen-bond acceptors (Lipinski definition) is 0. The quantitative estimate of drug-likeness (QED) is 0.0207. The summed E-state index contributed by atoms with van der Waals surface area (Å²) < 4.78 is 1.74. The van der Waals surface area contributed by atoms with Gasteiger partial charge in [0.05, 0.1) is 0 Å². The van der Waals surface area contributed by atoms with Gasteiger partial charge in [-0.15, -0.1) is 0 Å². The van der Waals surface area contributed by atoms with E-state index in [1.54, 1.807) is 4.70 Å². The van der Waals surface area contributed by atoms with Crippen LogP contribution in [0.3, 0.4) is 0 Å². The molecule has 0 fully saturated rings. The zero-order valence-electron chi connectivity index (χ0n) is 96.2. The Morgan fingerprint density at radius 2 is 0.388 bits per heavy atom. The first kappa shape index (κ1) is 137. The third-order valence-corrected chi connectivity index (χ3v) is 31.5. The minimum Gasteiger partial charge on any atom is -0.493 e. The number of aryl methyl sites for hydroxylation is 2. The van der Waals surface area contributed by atoms with E-state index in [1.807, 2.05) is 0 Å². The summed E-state index contributed by atoms with van der Waals surface area (Å²) in [4.78, 5) is 0. The Morgan fingerprint density at radius 3 is 0.597 bits per heavy atom. The summed E-state index contributed by atoms with van der Waals surface area (Å²) in [6, 6.07) is 18.5. The topological polar surface area (TPSA) is 25.3 Å². The second-order valence-corrected chi connectivity index (χ2v) is 44.9. The molecule has 1 aliphatic heterocycles. The maximum atomic E-state index is 13.1. The van der Waals surface area contributed by atoms with Gasteiger partial charge >= 0.3 is 20.4 Å². The molecule has 0 aliphatic carbocycles. The van der Waals surface area contributed by atoms with E-state index in [4.69, 9.17) is 0 Å². The molecule has 3 heteroatoms. The molecular weight excluding hydrogens is 1770 g/mol. The molecule has 0 saturated carbocycles. The molecule has 0 N–H and O–H groups in total. The second kappa shape index (κ2) is 114. The maximum absolute atomic E-state index is 13.1. The Hall–Kier alpha value is -2.34. The monoisotopic (exact) mass is 2020 g/mol. The first-order valence-corrected chi connectivity index (χ1v) is 64.4. The molecule has 3 rings (SSSR count). The Balaban J connectivity index is 0.00000262. The molecule has 2 aromatic carbocycles. The molecule has 0 amide bonds. The molecule has 2 unspecified atom stereocenters. The Morgan fingerprint density at radius 1 is 0.209 bits per heavy atom. The average molecular weight is 2020 g/mol. The van der Waals surface area contributed by atoms with Crippen LogP contribution in [0.2, 0.25) is 0 Å². The summed E-state index contributed by atoms with van der Waals surface area (Å²) in [6.07, 6.45) is 154. The molecule has 0 saturated heterocycles. The summed E-state index contributed by atoms with van der Waals surface area (Å²) >= 11 is 0. The first-order chi connectivity index (χ1) is 68.4. The van der Waals surface area contributed by atoms with Crippen molar-refractivity contribution >= 4 is 11.4 Å². The van der Waals surface area contributed by atoms with Gasteiger partial charge < -0.3 is 19.4 Å². The minimum absolute atomic E-state index is 0. The van der Waals surface area contributed by atoms with E-state index in [0.717, 1.165) is 49.9 Å². The fourth-order valence-corrected chi connectivity index (χ4v) is 22.0. The number of unbranched alkanes of at least 4 members (excludes halogenated alkanes) is 86. The third kappa shape index (κ3) is 88.3. The van der Waals surface area contributed by atoms with Crippen LogP contribution in [-0.2, 0) is 33.3 Å². The number of hydrogen-bond donors (Lipinski definition) is 0. The van der Waals surface area contributed by atoms with Gasteiger partial charge in [-0.25, -0.2) is 4.70 Å². The molecule has 2 nitrogen and oxygen atoms in total. The van der Waals surface area contributed by atoms with Gasteiger partial charge in [0, 0.05) is 22.3 Å². The van der Waals surface area contributed by atoms with Crippen LogP contribution in [0.4, 0.5) is 0 Å². The fourth-order valence-electron chi connectivity index (χ4n) is 22.0. The SMILES string of the molecule is CCCCCCCCCCCCCCC=CCC(CCCC)CCc1ccccc1C1=C(CCCCCC)C(CCCCCCCC)=C(c2ccccc2CCC(CC=CCCCCCCCCCCCCCC)CCCC)[N+]1=[N-].[CH2-]CCCCCCCCCCCCCCCCCCCCCCCCCCCC.[CH2-]CCCCCCCCCCCCCCCCCCCCCCCCCCCC.[Pd+2]. The van der Waals surface area contributed by atoms with Crippen LogP contribution < -0.4 is 0 Å².